The molecule has 30 heavy (non-hydrogen) atoms. The molecule has 0 aliphatic carbocycles. The second kappa shape index (κ2) is 9.52. The second-order valence-corrected chi connectivity index (χ2v) is 6.89. The van der Waals surface area contributed by atoms with Gasteiger partial charge >= 0.3 is 0 Å². The minimum absolute atomic E-state index is 0.155. The third-order valence-corrected chi connectivity index (χ3v) is 4.55. The van der Waals surface area contributed by atoms with Gasteiger partial charge in [-0.1, -0.05) is 42.5 Å². The van der Waals surface area contributed by atoms with Crippen LogP contribution in [0, 0.1) is 0 Å². The molecular weight excluding hydrogens is 376 g/mol. The van der Waals surface area contributed by atoms with Crippen LogP contribution in [0.2, 0.25) is 0 Å². The van der Waals surface area contributed by atoms with Gasteiger partial charge in [0.1, 0.15) is 12.4 Å². The topological polar surface area (TPSA) is 69.0 Å². The summed E-state index contributed by atoms with van der Waals surface area (Å²) >= 11 is 0. The van der Waals surface area contributed by atoms with Crippen LogP contribution in [0.4, 0.5) is 0 Å². The SMILES string of the molecule is O=C(NCc1cnn(Cc2ccccc2)c1)c1cccc(OCc2cccnc2)c1. The van der Waals surface area contributed by atoms with Crippen molar-refractivity contribution >= 4 is 5.91 Å². The van der Waals surface area contributed by atoms with Crippen molar-refractivity contribution in [3.05, 3.63) is 114 Å². The maximum atomic E-state index is 12.5. The summed E-state index contributed by atoms with van der Waals surface area (Å²) in [7, 11) is 0. The Hall–Kier alpha value is -3.93. The van der Waals surface area contributed by atoms with Crippen LogP contribution in [-0.2, 0) is 19.7 Å². The normalized spacial score (nSPS) is 10.5. The van der Waals surface area contributed by atoms with Crippen molar-refractivity contribution in [2.75, 3.05) is 0 Å². The van der Waals surface area contributed by atoms with E-state index in [4.69, 9.17) is 4.74 Å². The summed E-state index contributed by atoms with van der Waals surface area (Å²) in [5.41, 5.74) is 3.65. The highest BCUT2D eigenvalue weighted by molar-refractivity contribution is 5.94. The summed E-state index contributed by atoms with van der Waals surface area (Å²) < 4.78 is 7.64. The minimum atomic E-state index is -0.155. The van der Waals surface area contributed by atoms with Gasteiger partial charge in [0.15, 0.2) is 0 Å². The third-order valence-electron chi connectivity index (χ3n) is 4.55. The highest BCUT2D eigenvalue weighted by Gasteiger charge is 2.08. The van der Waals surface area contributed by atoms with E-state index in [9.17, 15) is 4.79 Å². The number of aromatic nitrogens is 3. The van der Waals surface area contributed by atoms with Crippen molar-refractivity contribution < 1.29 is 9.53 Å². The summed E-state index contributed by atoms with van der Waals surface area (Å²) in [4.78, 5) is 16.6. The van der Waals surface area contributed by atoms with E-state index >= 15 is 0 Å². The summed E-state index contributed by atoms with van der Waals surface area (Å²) in [6.07, 6.45) is 7.20. The fourth-order valence-corrected chi connectivity index (χ4v) is 3.02. The Morgan fingerprint density at radius 3 is 2.63 bits per heavy atom. The van der Waals surface area contributed by atoms with E-state index in [2.05, 4.69) is 27.5 Å². The van der Waals surface area contributed by atoms with Crippen LogP contribution in [0.3, 0.4) is 0 Å². The third kappa shape index (κ3) is 5.32. The molecule has 2 heterocycles. The lowest BCUT2D eigenvalue weighted by atomic mass is 10.2. The predicted molar refractivity (Wildman–Crippen MR) is 114 cm³/mol. The first-order valence-electron chi connectivity index (χ1n) is 9.71. The van der Waals surface area contributed by atoms with Crippen molar-refractivity contribution in [2.45, 2.75) is 19.7 Å². The van der Waals surface area contributed by atoms with Crippen molar-refractivity contribution in [3.63, 3.8) is 0 Å². The minimum Gasteiger partial charge on any atom is -0.489 e. The number of carbonyl (C=O) groups excluding carboxylic acids is 1. The molecule has 0 aliphatic heterocycles. The molecule has 4 aromatic rings. The van der Waals surface area contributed by atoms with Gasteiger partial charge < -0.3 is 10.1 Å². The van der Waals surface area contributed by atoms with Gasteiger partial charge in [0, 0.05) is 41.8 Å². The molecule has 0 aliphatic rings. The number of benzene rings is 2. The van der Waals surface area contributed by atoms with Crippen molar-refractivity contribution in [1.82, 2.24) is 20.1 Å². The molecule has 4 rings (SSSR count). The molecule has 0 spiro atoms. The zero-order valence-corrected chi connectivity index (χ0v) is 16.4. The fourth-order valence-electron chi connectivity index (χ4n) is 3.02. The second-order valence-electron chi connectivity index (χ2n) is 6.89. The molecule has 0 saturated heterocycles. The maximum Gasteiger partial charge on any atom is 0.251 e. The molecule has 0 unspecified atom stereocenters. The first-order chi connectivity index (χ1) is 14.8. The maximum absolute atomic E-state index is 12.5. The van der Waals surface area contributed by atoms with Gasteiger partial charge in [0.2, 0.25) is 0 Å². The summed E-state index contributed by atoms with van der Waals surface area (Å²) in [6, 6.07) is 21.1. The Kier molecular flexibility index (Phi) is 6.15. The Morgan fingerprint density at radius 1 is 0.933 bits per heavy atom. The number of nitrogens with one attached hydrogen (secondary N) is 1. The van der Waals surface area contributed by atoms with Crippen LogP contribution < -0.4 is 10.1 Å². The van der Waals surface area contributed by atoms with Crippen molar-refractivity contribution in [1.29, 1.82) is 0 Å². The number of nitrogens with zero attached hydrogens (tertiary/aromatic N) is 3. The Balaban J connectivity index is 1.31. The van der Waals surface area contributed by atoms with E-state index in [0.717, 1.165) is 11.1 Å². The quantitative estimate of drug-likeness (QED) is 0.490. The molecule has 6 nitrogen and oxygen atoms in total. The van der Waals surface area contributed by atoms with Gasteiger partial charge in [0.05, 0.1) is 12.7 Å². The lowest BCUT2D eigenvalue weighted by Gasteiger charge is -2.08. The van der Waals surface area contributed by atoms with E-state index in [1.54, 1.807) is 30.7 Å². The first kappa shape index (κ1) is 19.4. The molecule has 1 N–H and O–H groups in total. The van der Waals surface area contributed by atoms with Gasteiger partial charge in [-0.2, -0.15) is 5.10 Å². The number of ether oxygens (including phenoxy) is 1. The lowest BCUT2D eigenvalue weighted by molar-refractivity contribution is 0.0950. The number of hydrogen-bond acceptors (Lipinski definition) is 4. The molecule has 150 valence electrons. The predicted octanol–water partition coefficient (Wildman–Crippen LogP) is 3.84. The summed E-state index contributed by atoms with van der Waals surface area (Å²) in [6.45, 7) is 1.51. The number of carbonyl (C=O) groups is 1. The van der Waals surface area contributed by atoms with Crippen LogP contribution in [-0.4, -0.2) is 20.7 Å². The molecule has 0 bridgehead atoms. The molecule has 6 heteroatoms. The Bertz CT molecular complexity index is 1090. The molecular formula is C24H22N4O2. The number of pyridine rings is 1. The van der Waals surface area contributed by atoms with Crippen LogP contribution in [0.25, 0.3) is 0 Å². The smallest absolute Gasteiger partial charge is 0.251 e. The Labute approximate surface area is 175 Å². The van der Waals surface area contributed by atoms with Gasteiger partial charge in [-0.25, -0.2) is 0 Å². The number of hydrogen-bond donors (Lipinski definition) is 1. The van der Waals surface area contributed by atoms with Crippen LogP contribution in [0.15, 0.2) is 91.5 Å². The Morgan fingerprint density at radius 2 is 1.80 bits per heavy atom. The largest absolute Gasteiger partial charge is 0.489 e. The molecule has 1 amide bonds. The van der Waals surface area contributed by atoms with E-state index in [1.165, 1.54) is 5.56 Å². The standard InChI is InChI=1S/C24H22N4O2/c29-24(22-9-4-10-23(12-22)30-18-20-8-5-11-25-13-20)26-14-21-15-27-28(17-21)16-19-6-2-1-3-7-19/h1-13,15,17H,14,16,18H2,(H,26,29). The number of amides is 1. The van der Waals surface area contributed by atoms with E-state index < -0.39 is 0 Å². The highest BCUT2D eigenvalue weighted by atomic mass is 16.5. The average molecular weight is 398 g/mol. The van der Waals surface area contributed by atoms with Gasteiger partial charge in [-0.05, 0) is 29.8 Å². The zero-order chi connectivity index (χ0) is 20.6. The van der Waals surface area contributed by atoms with Crippen LogP contribution in [0.5, 0.6) is 5.75 Å². The fraction of sp³-hybridized carbons (Fsp3) is 0.125. The highest BCUT2D eigenvalue weighted by Crippen LogP contribution is 2.15. The van der Waals surface area contributed by atoms with E-state index in [1.807, 2.05) is 53.3 Å². The summed E-state index contributed by atoms with van der Waals surface area (Å²) in [5, 5.41) is 7.31. The molecule has 0 saturated carbocycles. The van der Waals surface area contributed by atoms with Crippen LogP contribution >= 0.6 is 0 Å². The van der Waals surface area contributed by atoms with Crippen molar-refractivity contribution in [2.24, 2.45) is 0 Å². The van der Waals surface area contributed by atoms with Gasteiger partial charge in [-0.3, -0.25) is 14.5 Å². The lowest BCUT2D eigenvalue weighted by Crippen LogP contribution is -2.22. The molecule has 2 aromatic carbocycles. The van der Waals surface area contributed by atoms with Gasteiger partial charge in [0.25, 0.3) is 5.91 Å². The van der Waals surface area contributed by atoms with E-state index in [-0.39, 0.29) is 5.91 Å². The average Bonchev–Trinajstić information content (AvgIpc) is 3.25. The monoisotopic (exact) mass is 398 g/mol. The number of rotatable bonds is 8. The van der Waals surface area contributed by atoms with Gasteiger partial charge in [-0.15, -0.1) is 0 Å². The van der Waals surface area contributed by atoms with E-state index in [0.29, 0.717) is 31.0 Å². The zero-order valence-electron chi connectivity index (χ0n) is 16.4. The molecule has 0 fully saturated rings. The molecule has 2 aromatic heterocycles. The van der Waals surface area contributed by atoms with Crippen LogP contribution in [0.1, 0.15) is 27.0 Å². The first-order valence-corrected chi connectivity index (χ1v) is 9.71. The summed E-state index contributed by atoms with van der Waals surface area (Å²) in [5.74, 6) is 0.486. The molecule has 0 atom stereocenters. The van der Waals surface area contributed by atoms with Crippen molar-refractivity contribution in [3.8, 4) is 5.75 Å². The molecule has 0 radical (unpaired) electrons.